The first-order valence-corrected chi connectivity index (χ1v) is 5.72. The zero-order valence-electron chi connectivity index (χ0n) is 6.77. The van der Waals surface area contributed by atoms with Gasteiger partial charge in [-0.3, -0.25) is 0 Å². The fourth-order valence-corrected chi connectivity index (χ4v) is 2.20. The molecule has 6 heteroatoms. The Morgan fingerprint density at radius 2 is 2.14 bits per heavy atom. The SMILES string of the molecule is N#CCc1nc(I)c(C(F)F)cc1I. The van der Waals surface area contributed by atoms with Gasteiger partial charge in [-0.2, -0.15) is 5.26 Å². The van der Waals surface area contributed by atoms with Crippen molar-refractivity contribution >= 4 is 45.2 Å². The van der Waals surface area contributed by atoms with E-state index >= 15 is 0 Å². The minimum atomic E-state index is -2.51. The summed E-state index contributed by atoms with van der Waals surface area (Å²) in [6, 6.07) is 3.32. The Morgan fingerprint density at radius 1 is 1.50 bits per heavy atom. The maximum Gasteiger partial charge on any atom is 0.266 e. The number of hydrogen-bond acceptors (Lipinski definition) is 2. The van der Waals surface area contributed by atoms with Crippen LogP contribution in [-0.2, 0) is 6.42 Å². The molecule has 0 atom stereocenters. The summed E-state index contributed by atoms with van der Waals surface area (Å²) in [6.45, 7) is 0. The van der Waals surface area contributed by atoms with Crippen LogP contribution in [0.25, 0.3) is 0 Å². The topological polar surface area (TPSA) is 36.7 Å². The van der Waals surface area contributed by atoms with Gasteiger partial charge in [-0.1, -0.05) is 0 Å². The third-order valence-corrected chi connectivity index (χ3v) is 3.31. The van der Waals surface area contributed by atoms with Gasteiger partial charge in [-0.25, -0.2) is 13.8 Å². The molecule has 0 aromatic carbocycles. The molecule has 0 aliphatic carbocycles. The lowest BCUT2D eigenvalue weighted by molar-refractivity contribution is 0.149. The van der Waals surface area contributed by atoms with Gasteiger partial charge in [0.1, 0.15) is 3.70 Å². The lowest BCUT2D eigenvalue weighted by Crippen LogP contribution is -2.00. The highest BCUT2D eigenvalue weighted by Gasteiger charge is 2.15. The van der Waals surface area contributed by atoms with Crippen molar-refractivity contribution in [2.75, 3.05) is 0 Å². The van der Waals surface area contributed by atoms with Gasteiger partial charge in [0.25, 0.3) is 6.43 Å². The average molecular weight is 420 g/mol. The van der Waals surface area contributed by atoms with Crippen molar-refractivity contribution in [1.82, 2.24) is 4.98 Å². The fourth-order valence-electron chi connectivity index (χ4n) is 0.868. The molecule has 1 heterocycles. The molecule has 74 valence electrons. The summed E-state index contributed by atoms with van der Waals surface area (Å²) in [5.74, 6) is 0. The van der Waals surface area contributed by atoms with Gasteiger partial charge in [0.15, 0.2) is 0 Å². The van der Waals surface area contributed by atoms with Gasteiger partial charge in [0.05, 0.1) is 23.7 Å². The van der Waals surface area contributed by atoms with Crippen molar-refractivity contribution in [1.29, 1.82) is 5.26 Å². The molecule has 1 rings (SSSR count). The van der Waals surface area contributed by atoms with Crippen molar-refractivity contribution < 1.29 is 8.78 Å². The van der Waals surface area contributed by atoms with Crippen LogP contribution in [-0.4, -0.2) is 4.98 Å². The van der Waals surface area contributed by atoms with Crippen LogP contribution in [0.2, 0.25) is 0 Å². The second-order valence-corrected chi connectivity index (χ2v) is 4.62. The second-order valence-electron chi connectivity index (χ2n) is 2.43. The molecule has 14 heavy (non-hydrogen) atoms. The quantitative estimate of drug-likeness (QED) is 0.544. The highest BCUT2D eigenvalue weighted by Crippen LogP contribution is 2.26. The predicted molar refractivity (Wildman–Crippen MR) is 63.9 cm³/mol. The standard InChI is InChI=1S/C8H4F2I2N2/c9-7(10)4-3-5(11)6(1-2-13)14-8(4)12/h3,7H,1H2. The Kier molecular flexibility index (Phi) is 4.43. The largest absolute Gasteiger partial charge is 0.266 e. The number of halogens is 4. The van der Waals surface area contributed by atoms with E-state index in [4.69, 9.17) is 5.26 Å². The van der Waals surface area contributed by atoms with Crippen LogP contribution in [0, 0.1) is 18.6 Å². The van der Waals surface area contributed by atoms with E-state index in [0.717, 1.165) is 0 Å². The van der Waals surface area contributed by atoms with E-state index in [1.807, 2.05) is 28.7 Å². The number of nitriles is 1. The maximum absolute atomic E-state index is 12.4. The number of pyridine rings is 1. The second kappa shape index (κ2) is 5.16. The summed E-state index contributed by atoms with van der Waals surface area (Å²) in [4.78, 5) is 3.96. The monoisotopic (exact) mass is 420 g/mol. The molecule has 0 amide bonds. The van der Waals surface area contributed by atoms with E-state index < -0.39 is 6.43 Å². The Balaban J connectivity index is 3.18. The van der Waals surface area contributed by atoms with Crippen LogP contribution < -0.4 is 0 Å². The summed E-state index contributed by atoms with van der Waals surface area (Å²) in [7, 11) is 0. The fraction of sp³-hybridized carbons (Fsp3) is 0.250. The third kappa shape index (κ3) is 2.73. The molecule has 0 spiro atoms. The molecular weight excluding hydrogens is 416 g/mol. The van der Waals surface area contributed by atoms with Crippen LogP contribution in [0.3, 0.4) is 0 Å². The van der Waals surface area contributed by atoms with E-state index in [1.165, 1.54) is 6.07 Å². The molecule has 0 aliphatic rings. The maximum atomic E-state index is 12.4. The van der Waals surface area contributed by atoms with Crippen molar-refractivity contribution in [2.45, 2.75) is 12.8 Å². The molecule has 0 radical (unpaired) electrons. The minimum Gasteiger partial charge on any atom is -0.244 e. The van der Waals surface area contributed by atoms with Crippen LogP contribution in [0.4, 0.5) is 8.78 Å². The number of hydrogen-bond donors (Lipinski definition) is 0. The number of aromatic nitrogens is 1. The Bertz CT molecular complexity index is 388. The molecule has 0 saturated heterocycles. The Labute approximate surface area is 107 Å². The van der Waals surface area contributed by atoms with Crippen LogP contribution >= 0.6 is 45.2 Å². The highest BCUT2D eigenvalue weighted by atomic mass is 127. The van der Waals surface area contributed by atoms with Crippen molar-refractivity contribution in [3.63, 3.8) is 0 Å². The molecule has 0 bridgehead atoms. The lowest BCUT2D eigenvalue weighted by Gasteiger charge is -2.06. The number of nitrogens with zero attached hydrogens (tertiary/aromatic N) is 2. The average Bonchev–Trinajstić information content (AvgIpc) is 2.10. The molecular formula is C8H4F2I2N2. The first-order valence-electron chi connectivity index (χ1n) is 3.56. The zero-order chi connectivity index (χ0) is 10.7. The summed E-state index contributed by atoms with van der Waals surface area (Å²) < 4.78 is 25.7. The molecule has 2 nitrogen and oxygen atoms in total. The van der Waals surface area contributed by atoms with E-state index in [1.54, 1.807) is 22.6 Å². The van der Waals surface area contributed by atoms with Crippen LogP contribution in [0.1, 0.15) is 17.7 Å². The lowest BCUT2D eigenvalue weighted by atomic mass is 10.2. The Morgan fingerprint density at radius 3 is 2.64 bits per heavy atom. The normalized spacial score (nSPS) is 10.3. The predicted octanol–water partition coefficient (Wildman–Crippen LogP) is 3.29. The van der Waals surface area contributed by atoms with Crippen LogP contribution in [0.15, 0.2) is 6.07 Å². The number of alkyl halides is 2. The molecule has 0 saturated carbocycles. The van der Waals surface area contributed by atoms with Crippen molar-refractivity contribution in [3.8, 4) is 6.07 Å². The van der Waals surface area contributed by atoms with Crippen molar-refractivity contribution in [2.24, 2.45) is 0 Å². The molecule has 1 aromatic heterocycles. The van der Waals surface area contributed by atoms with E-state index in [-0.39, 0.29) is 15.7 Å². The minimum absolute atomic E-state index is 0.0725. The molecule has 0 aliphatic heterocycles. The summed E-state index contributed by atoms with van der Waals surface area (Å²) in [6.07, 6.45) is -2.36. The van der Waals surface area contributed by atoms with E-state index in [9.17, 15) is 8.78 Å². The van der Waals surface area contributed by atoms with Crippen LogP contribution in [0.5, 0.6) is 0 Å². The van der Waals surface area contributed by atoms with Gasteiger partial charge in [0.2, 0.25) is 0 Å². The molecule has 0 unspecified atom stereocenters. The summed E-state index contributed by atoms with van der Waals surface area (Å²) >= 11 is 3.66. The van der Waals surface area contributed by atoms with Gasteiger partial charge in [-0.15, -0.1) is 0 Å². The van der Waals surface area contributed by atoms with Gasteiger partial charge in [-0.05, 0) is 51.2 Å². The molecule has 0 N–H and O–H groups in total. The van der Waals surface area contributed by atoms with Gasteiger partial charge in [0, 0.05) is 3.57 Å². The summed E-state index contributed by atoms with van der Waals surface area (Å²) in [5, 5.41) is 8.47. The number of rotatable bonds is 2. The third-order valence-electron chi connectivity index (χ3n) is 1.51. The first-order chi connectivity index (χ1) is 6.56. The van der Waals surface area contributed by atoms with Gasteiger partial charge < -0.3 is 0 Å². The van der Waals surface area contributed by atoms with E-state index in [2.05, 4.69) is 4.98 Å². The highest BCUT2D eigenvalue weighted by molar-refractivity contribution is 14.1. The van der Waals surface area contributed by atoms with Crippen molar-refractivity contribution in [3.05, 3.63) is 24.6 Å². The van der Waals surface area contributed by atoms with Gasteiger partial charge >= 0.3 is 0 Å². The molecule has 0 fully saturated rings. The summed E-state index contributed by atoms with van der Waals surface area (Å²) in [5.41, 5.74) is 0.485. The zero-order valence-corrected chi connectivity index (χ0v) is 11.1. The Hall–Kier alpha value is -0.0400. The van der Waals surface area contributed by atoms with E-state index in [0.29, 0.717) is 9.26 Å². The molecule has 1 aromatic rings. The first kappa shape index (κ1) is 12.0. The smallest absolute Gasteiger partial charge is 0.244 e.